The van der Waals surface area contributed by atoms with E-state index in [9.17, 15) is 0 Å². The van der Waals surface area contributed by atoms with Gasteiger partial charge in [-0.2, -0.15) is 0 Å². The van der Waals surface area contributed by atoms with Gasteiger partial charge in [-0.15, -0.1) is 0 Å². The molecule has 0 fully saturated rings. The fourth-order valence-corrected chi connectivity index (χ4v) is 7.12. The van der Waals surface area contributed by atoms with Crippen molar-refractivity contribution in [3.8, 4) is 0 Å². The Bertz CT molecular complexity index is 746. The number of allylic oxidation sites excluding steroid dienone is 8. The van der Waals surface area contributed by atoms with Gasteiger partial charge >= 0.3 is 0 Å². The first kappa shape index (κ1) is 49.8. The molecule has 0 bridgehead atoms. The van der Waals surface area contributed by atoms with Crippen molar-refractivity contribution >= 4 is 0 Å². The van der Waals surface area contributed by atoms with E-state index >= 15 is 0 Å². The standard InChI is InChI=1S/C48H93N3/c1-8-10-12-14-16-18-20-22-24-26-28-30-32-34-36-38-42-47(51(7)46-48(50(5)6)44-40-41-45-49(3)4)43-39-37-35-33-31-29-27-25-23-21-19-17-15-13-11-9-2/h16-19,22-25,47-48H,8-15,20-21,26-46H2,1-7H3. The molecule has 0 aromatic heterocycles. The summed E-state index contributed by atoms with van der Waals surface area (Å²) in [4.78, 5) is 7.58. The summed E-state index contributed by atoms with van der Waals surface area (Å²) in [6, 6.07) is 1.40. The van der Waals surface area contributed by atoms with Crippen molar-refractivity contribution in [2.24, 2.45) is 0 Å². The Kier molecular flexibility index (Phi) is 39.1. The predicted molar refractivity (Wildman–Crippen MR) is 234 cm³/mol. The third kappa shape index (κ3) is 37.0. The van der Waals surface area contributed by atoms with Gasteiger partial charge in [0.2, 0.25) is 0 Å². The van der Waals surface area contributed by atoms with E-state index in [1.807, 2.05) is 0 Å². The first-order valence-corrected chi connectivity index (χ1v) is 22.5. The maximum atomic E-state index is 2.76. The van der Waals surface area contributed by atoms with Gasteiger partial charge in [-0.25, -0.2) is 0 Å². The summed E-state index contributed by atoms with van der Waals surface area (Å²) in [5, 5.41) is 0. The van der Waals surface area contributed by atoms with Crippen molar-refractivity contribution in [3.63, 3.8) is 0 Å². The van der Waals surface area contributed by atoms with Crippen molar-refractivity contribution < 1.29 is 0 Å². The molecule has 0 aliphatic carbocycles. The van der Waals surface area contributed by atoms with Crippen molar-refractivity contribution in [2.75, 3.05) is 48.3 Å². The summed E-state index contributed by atoms with van der Waals surface area (Å²) in [5.41, 5.74) is 0. The minimum Gasteiger partial charge on any atom is -0.309 e. The van der Waals surface area contributed by atoms with Crippen molar-refractivity contribution in [2.45, 2.75) is 212 Å². The second-order valence-corrected chi connectivity index (χ2v) is 16.3. The van der Waals surface area contributed by atoms with Crippen LogP contribution >= 0.6 is 0 Å². The Morgan fingerprint density at radius 3 is 1.12 bits per heavy atom. The molecule has 0 amide bonds. The molecule has 3 heteroatoms. The van der Waals surface area contributed by atoms with Crippen LogP contribution in [0.5, 0.6) is 0 Å². The Hall–Kier alpha value is -1.16. The molecule has 0 N–H and O–H groups in total. The van der Waals surface area contributed by atoms with E-state index in [0.29, 0.717) is 6.04 Å². The number of likely N-dealkylation sites (N-methyl/N-ethyl adjacent to an activating group) is 2. The molecule has 0 spiro atoms. The first-order chi connectivity index (χ1) is 24.9. The Morgan fingerprint density at radius 1 is 0.373 bits per heavy atom. The minimum absolute atomic E-state index is 0.659. The molecule has 1 unspecified atom stereocenters. The molecule has 0 aromatic carbocycles. The second-order valence-electron chi connectivity index (χ2n) is 16.3. The average Bonchev–Trinajstić information content (AvgIpc) is 3.11. The topological polar surface area (TPSA) is 9.72 Å². The Morgan fingerprint density at radius 2 is 0.725 bits per heavy atom. The number of nitrogens with zero attached hydrogens (tertiary/aromatic N) is 3. The molecular formula is C48H93N3. The zero-order chi connectivity index (χ0) is 37.5. The van der Waals surface area contributed by atoms with Gasteiger partial charge in [0.15, 0.2) is 0 Å². The molecule has 51 heavy (non-hydrogen) atoms. The smallest absolute Gasteiger partial charge is 0.0217 e. The highest BCUT2D eigenvalue weighted by atomic mass is 15.2. The van der Waals surface area contributed by atoms with E-state index in [1.54, 1.807) is 0 Å². The molecule has 0 saturated heterocycles. The summed E-state index contributed by atoms with van der Waals surface area (Å²) in [6.45, 7) is 6.98. The van der Waals surface area contributed by atoms with Crippen LogP contribution in [0.2, 0.25) is 0 Å². The van der Waals surface area contributed by atoms with Crippen LogP contribution in [0.4, 0.5) is 0 Å². The van der Waals surface area contributed by atoms with Crippen molar-refractivity contribution in [3.05, 3.63) is 48.6 Å². The fourth-order valence-electron chi connectivity index (χ4n) is 7.12. The third-order valence-corrected chi connectivity index (χ3v) is 10.7. The second kappa shape index (κ2) is 40.0. The van der Waals surface area contributed by atoms with Crippen LogP contribution in [0, 0.1) is 0 Å². The minimum atomic E-state index is 0.659. The molecular weight excluding hydrogens is 619 g/mol. The highest BCUT2D eigenvalue weighted by Crippen LogP contribution is 2.20. The van der Waals surface area contributed by atoms with Crippen LogP contribution in [-0.2, 0) is 0 Å². The highest BCUT2D eigenvalue weighted by Gasteiger charge is 2.20. The van der Waals surface area contributed by atoms with Gasteiger partial charge in [-0.05, 0) is 132 Å². The average molecular weight is 712 g/mol. The summed E-state index contributed by atoms with van der Waals surface area (Å²) in [7, 11) is 11.4. The summed E-state index contributed by atoms with van der Waals surface area (Å²) in [6.07, 6.45) is 57.8. The van der Waals surface area contributed by atoms with Gasteiger partial charge in [0.25, 0.3) is 0 Å². The van der Waals surface area contributed by atoms with Crippen LogP contribution in [0.1, 0.15) is 200 Å². The van der Waals surface area contributed by atoms with E-state index in [-0.39, 0.29) is 0 Å². The van der Waals surface area contributed by atoms with E-state index < -0.39 is 0 Å². The molecule has 0 heterocycles. The predicted octanol–water partition coefficient (Wildman–Crippen LogP) is 14.4. The monoisotopic (exact) mass is 712 g/mol. The number of hydrogen-bond donors (Lipinski definition) is 0. The van der Waals surface area contributed by atoms with Crippen LogP contribution in [0.25, 0.3) is 0 Å². The SMILES string of the molecule is CCCCCC=CCC=CCCCCCCCCC(CCCCCCCCC=CCC=CCCCCC)N(C)CC(CCCCN(C)C)N(C)C. The quantitative estimate of drug-likeness (QED) is 0.0464. The number of rotatable bonds is 39. The molecule has 1 atom stereocenters. The molecule has 3 nitrogen and oxygen atoms in total. The molecule has 0 saturated carbocycles. The number of unbranched alkanes of at least 4 members (excludes halogenated alkanes) is 19. The summed E-state index contributed by atoms with van der Waals surface area (Å²) >= 11 is 0. The van der Waals surface area contributed by atoms with E-state index in [1.165, 1.54) is 186 Å². The van der Waals surface area contributed by atoms with Gasteiger partial charge in [-0.3, -0.25) is 0 Å². The van der Waals surface area contributed by atoms with Crippen LogP contribution in [0.3, 0.4) is 0 Å². The van der Waals surface area contributed by atoms with Crippen molar-refractivity contribution in [1.82, 2.24) is 14.7 Å². The maximum absolute atomic E-state index is 2.76. The van der Waals surface area contributed by atoms with E-state index in [4.69, 9.17) is 0 Å². The lowest BCUT2D eigenvalue weighted by Gasteiger charge is -2.34. The van der Waals surface area contributed by atoms with E-state index in [0.717, 1.165) is 18.9 Å². The maximum Gasteiger partial charge on any atom is 0.0217 e. The fraction of sp³-hybridized carbons (Fsp3) is 0.833. The van der Waals surface area contributed by atoms with Gasteiger partial charge in [-0.1, -0.05) is 159 Å². The summed E-state index contributed by atoms with van der Waals surface area (Å²) < 4.78 is 0. The van der Waals surface area contributed by atoms with Crippen LogP contribution in [-0.4, -0.2) is 75.1 Å². The van der Waals surface area contributed by atoms with Gasteiger partial charge in [0.1, 0.15) is 0 Å². The van der Waals surface area contributed by atoms with Crippen LogP contribution < -0.4 is 0 Å². The largest absolute Gasteiger partial charge is 0.309 e. The highest BCUT2D eigenvalue weighted by molar-refractivity contribution is 4.93. The van der Waals surface area contributed by atoms with E-state index in [2.05, 4.69) is 112 Å². The normalized spacial score (nSPS) is 13.9. The third-order valence-electron chi connectivity index (χ3n) is 10.7. The lowest BCUT2D eigenvalue weighted by atomic mass is 9.98. The molecule has 300 valence electrons. The van der Waals surface area contributed by atoms with Crippen molar-refractivity contribution in [1.29, 1.82) is 0 Å². The van der Waals surface area contributed by atoms with Gasteiger partial charge in [0, 0.05) is 18.6 Å². The summed E-state index contributed by atoms with van der Waals surface area (Å²) in [5.74, 6) is 0. The van der Waals surface area contributed by atoms with Gasteiger partial charge < -0.3 is 14.7 Å². The molecule has 0 aliphatic heterocycles. The molecule has 0 rings (SSSR count). The van der Waals surface area contributed by atoms with Crippen LogP contribution in [0.15, 0.2) is 48.6 Å². The van der Waals surface area contributed by atoms with Gasteiger partial charge in [0.05, 0.1) is 0 Å². The Labute approximate surface area is 322 Å². The molecule has 0 aromatic rings. The lowest BCUT2D eigenvalue weighted by Crippen LogP contribution is -2.43. The number of hydrogen-bond acceptors (Lipinski definition) is 3. The zero-order valence-corrected chi connectivity index (χ0v) is 36.0. The molecule has 0 radical (unpaired) electrons. The molecule has 0 aliphatic rings. The lowest BCUT2D eigenvalue weighted by molar-refractivity contribution is 0.144. The Balaban J connectivity index is 4.42. The first-order valence-electron chi connectivity index (χ1n) is 22.5. The zero-order valence-electron chi connectivity index (χ0n) is 36.0.